The number of rotatable bonds is 5. The second-order valence-corrected chi connectivity index (χ2v) is 10.6. The molecule has 1 saturated heterocycles. The van der Waals surface area contributed by atoms with E-state index < -0.39 is 9.84 Å². The SMILES string of the molecule is O=S1(=O)CCC(CNC(=NCc2ccccc2F)NC2CC3CCC2C3)C1. The van der Waals surface area contributed by atoms with Crippen molar-refractivity contribution >= 4 is 15.8 Å². The summed E-state index contributed by atoms with van der Waals surface area (Å²) in [6, 6.07) is 7.11. The van der Waals surface area contributed by atoms with E-state index in [1.54, 1.807) is 12.1 Å². The summed E-state index contributed by atoms with van der Waals surface area (Å²) in [5.41, 5.74) is 0.565. The summed E-state index contributed by atoms with van der Waals surface area (Å²) in [4.78, 5) is 4.60. The van der Waals surface area contributed by atoms with Crippen LogP contribution in [0, 0.1) is 23.6 Å². The largest absolute Gasteiger partial charge is 0.356 e. The quantitative estimate of drug-likeness (QED) is 0.596. The number of hydrogen-bond acceptors (Lipinski definition) is 3. The fourth-order valence-electron chi connectivity index (χ4n) is 4.81. The molecule has 1 aromatic carbocycles. The molecule has 1 aromatic rings. The normalized spacial score (nSPS) is 32.0. The molecular weight excluding hydrogens is 365 g/mol. The Labute approximate surface area is 160 Å². The molecule has 2 aliphatic carbocycles. The van der Waals surface area contributed by atoms with E-state index in [0.717, 1.165) is 5.92 Å². The number of aliphatic imine (C=N–C) groups is 1. The Balaban J connectivity index is 1.41. The van der Waals surface area contributed by atoms with E-state index >= 15 is 0 Å². The molecule has 27 heavy (non-hydrogen) atoms. The van der Waals surface area contributed by atoms with Gasteiger partial charge in [-0.15, -0.1) is 0 Å². The Morgan fingerprint density at radius 1 is 1.19 bits per heavy atom. The molecule has 7 heteroatoms. The second-order valence-electron chi connectivity index (χ2n) is 8.33. The Hall–Kier alpha value is -1.63. The maximum atomic E-state index is 13.9. The summed E-state index contributed by atoms with van der Waals surface area (Å²) in [6.45, 7) is 0.856. The monoisotopic (exact) mass is 393 g/mol. The molecule has 0 spiro atoms. The van der Waals surface area contributed by atoms with Crippen LogP contribution in [-0.4, -0.2) is 38.5 Å². The summed E-state index contributed by atoms with van der Waals surface area (Å²) in [5, 5.41) is 6.88. The lowest BCUT2D eigenvalue weighted by molar-refractivity contribution is 0.386. The standard InChI is InChI=1S/C20H28FN3O2S/c21-18-4-2-1-3-17(18)12-23-20(22-11-15-7-8-27(25,26)13-15)24-19-10-14-5-6-16(19)9-14/h1-4,14-16,19H,5-13H2,(H2,22,23,24). The lowest BCUT2D eigenvalue weighted by Gasteiger charge is -2.26. The third kappa shape index (κ3) is 4.62. The van der Waals surface area contributed by atoms with Crippen LogP contribution in [0.1, 0.15) is 37.7 Å². The average Bonchev–Trinajstić information content (AvgIpc) is 3.34. The highest BCUT2D eigenvalue weighted by atomic mass is 32.2. The predicted molar refractivity (Wildman–Crippen MR) is 105 cm³/mol. The van der Waals surface area contributed by atoms with Crippen molar-refractivity contribution in [2.24, 2.45) is 22.7 Å². The first-order chi connectivity index (χ1) is 13.0. The van der Waals surface area contributed by atoms with Crippen molar-refractivity contribution in [2.45, 2.75) is 44.7 Å². The number of fused-ring (bicyclic) bond motifs is 2. The van der Waals surface area contributed by atoms with E-state index in [1.165, 1.54) is 31.7 Å². The van der Waals surface area contributed by atoms with E-state index in [9.17, 15) is 12.8 Å². The number of hydrogen-bond donors (Lipinski definition) is 2. The summed E-state index contributed by atoms with van der Waals surface area (Å²) < 4.78 is 37.3. The number of sulfone groups is 1. The van der Waals surface area contributed by atoms with Crippen molar-refractivity contribution in [1.29, 1.82) is 0 Å². The topological polar surface area (TPSA) is 70.6 Å². The zero-order chi connectivity index (χ0) is 18.9. The molecule has 148 valence electrons. The van der Waals surface area contributed by atoms with Gasteiger partial charge in [-0.3, -0.25) is 0 Å². The van der Waals surface area contributed by atoms with Gasteiger partial charge in [-0.1, -0.05) is 24.6 Å². The molecule has 4 atom stereocenters. The first-order valence-corrected chi connectivity index (χ1v) is 11.8. The maximum absolute atomic E-state index is 13.9. The van der Waals surface area contributed by atoms with Gasteiger partial charge in [-0.05, 0) is 49.5 Å². The van der Waals surface area contributed by atoms with Crippen molar-refractivity contribution in [3.63, 3.8) is 0 Å². The van der Waals surface area contributed by atoms with Crippen LogP contribution in [-0.2, 0) is 16.4 Å². The van der Waals surface area contributed by atoms with Crippen LogP contribution < -0.4 is 10.6 Å². The molecule has 5 nitrogen and oxygen atoms in total. The van der Waals surface area contributed by atoms with Gasteiger partial charge in [0, 0.05) is 18.2 Å². The first-order valence-electron chi connectivity index (χ1n) is 9.97. The smallest absolute Gasteiger partial charge is 0.191 e. The fourth-order valence-corrected chi connectivity index (χ4v) is 6.68. The van der Waals surface area contributed by atoms with E-state index in [2.05, 4.69) is 15.6 Å². The van der Waals surface area contributed by atoms with Gasteiger partial charge in [0.25, 0.3) is 0 Å². The van der Waals surface area contributed by atoms with Gasteiger partial charge in [-0.25, -0.2) is 17.8 Å². The van der Waals surface area contributed by atoms with E-state index in [1.807, 2.05) is 6.07 Å². The molecule has 3 fully saturated rings. The Morgan fingerprint density at radius 2 is 2.04 bits per heavy atom. The summed E-state index contributed by atoms with van der Waals surface area (Å²) >= 11 is 0. The number of guanidine groups is 1. The van der Waals surface area contributed by atoms with Gasteiger partial charge in [0.2, 0.25) is 0 Å². The van der Waals surface area contributed by atoms with Crippen molar-refractivity contribution in [3.8, 4) is 0 Å². The number of nitrogens with zero attached hydrogens (tertiary/aromatic N) is 1. The zero-order valence-corrected chi connectivity index (χ0v) is 16.3. The fraction of sp³-hybridized carbons (Fsp3) is 0.650. The van der Waals surface area contributed by atoms with Crippen LogP contribution in [0.5, 0.6) is 0 Å². The first kappa shape index (κ1) is 18.7. The molecule has 3 aliphatic rings. The molecule has 2 N–H and O–H groups in total. The van der Waals surface area contributed by atoms with E-state index in [0.29, 0.717) is 36.4 Å². The van der Waals surface area contributed by atoms with Gasteiger partial charge in [0.1, 0.15) is 5.82 Å². The van der Waals surface area contributed by atoms with Gasteiger partial charge < -0.3 is 10.6 Å². The Kier molecular flexibility index (Phi) is 5.39. The summed E-state index contributed by atoms with van der Waals surface area (Å²) in [5.74, 6) is 2.59. The number of nitrogens with one attached hydrogen (secondary N) is 2. The molecule has 2 saturated carbocycles. The third-order valence-electron chi connectivity index (χ3n) is 6.31. The van der Waals surface area contributed by atoms with Gasteiger partial charge >= 0.3 is 0 Å². The zero-order valence-electron chi connectivity index (χ0n) is 15.5. The second kappa shape index (κ2) is 7.78. The third-order valence-corrected chi connectivity index (χ3v) is 8.15. The van der Waals surface area contributed by atoms with Gasteiger partial charge in [-0.2, -0.15) is 0 Å². The summed E-state index contributed by atoms with van der Waals surface area (Å²) in [7, 11) is -2.88. The highest BCUT2D eigenvalue weighted by Crippen LogP contribution is 2.44. The lowest BCUT2D eigenvalue weighted by atomic mass is 9.95. The molecule has 2 bridgehead atoms. The van der Waals surface area contributed by atoms with Crippen LogP contribution in [0.25, 0.3) is 0 Å². The van der Waals surface area contributed by atoms with Crippen LogP contribution in [0.2, 0.25) is 0 Å². The maximum Gasteiger partial charge on any atom is 0.191 e. The van der Waals surface area contributed by atoms with Crippen LogP contribution >= 0.6 is 0 Å². The van der Waals surface area contributed by atoms with Crippen LogP contribution in [0.3, 0.4) is 0 Å². The van der Waals surface area contributed by atoms with Crippen molar-refractivity contribution in [1.82, 2.24) is 10.6 Å². The minimum atomic E-state index is -2.88. The minimum absolute atomic E-state index is 0.121. The molecule has 0 aromatic heterocycles. The van der Waals surface area contributed by atoms with Crippen molar-refractivity contribution in [2.75, 3.05) is 18.1 Å². The Bertz CT molecular complexity index is 811. The van der Waals surface area contributed by atoms with Crippen molar-refractivity contribution in [3.05, 3.63) is 35.6 Å². The molecule has 0 radical (unpaired) electrons. The van der Waals surface area contributed by atoms with Crippen molar-refractivity contribution < 1.29 is 12.8 Å². The predicted octanol–water partition coefficient (Wildman–Crippen LogP) is 2.48. The van der Waals surface area contributed by atoms with Gasteiger partial charge in [0.05, 0.1) is 18.1 Å². The molecule has 4 unspecified atom stereocenters. The highest BCUT2D eigenvalue weighted by Gasteiger charge is 2.40. The van der Waals surface area contributed by atoms with E-state index in [-0.39, 0.29) is 29.8 Å². The van der Waals surface area contributed by atoms with Gasteiger partial charge in [0.15, 0.2) is 15.8 Å². The minimum Gasteiger partial charge on any atom is -0.356 e. The average molecular weight is 394 g/mol. The van der Waals surface area contributed by atoms with Crippen LogP contribution in [0.4, 0.5) is 4.39 Å². The van der Waals surface area contributed by atoms with Crippen LogP contribution in [0.15, 0.2) is 29.3 Å². The molecule has 4 rings (SSSR count). The number of benzene rings is 1. The number of halogens is 1. The Morgan fingerprint density at radius 3 is 2.70 bits per heavy atom. The highest BCUT2D eigenvalue weighted by molar-refractivity contribution is 7.91. The molecular formula is C20H28FN3O2S. The summed E-state index contributed by atoms with van der Waals surface area (Å²) in [6.07, 6.45) is 5.76. The molecule has 1 heterocycles. The van der Waals surface area contributed by atoms with E-state index in [4.69, 9.17) is 0 Å². The lowest BCUT2D eigenvalue weighted by Crippen LogP contribution is -2.47. The molecule has 1 aliphatic heterocycles. The molecule has 0 amide bonds.